The summed E-state index contributed by atoms with van der Waals surface area (Å²) in [5, 5.41) is 14.4. The fourth-order valence-electron chi connectivity index (χ4n) is 2.94. The van der Waals surface area contributed by atoms with Crippen LogP contribution in [0.2, 0.25) is 5.02 Å². The first-order valence-corrected chi connectivity index (χ1v) is 8.31. The van der Waals surface area contributed by atoms with Crippen LogP contribution >= 0.6 is 11.6 Å². The Bertz CT molecular complexity index is 433. The predicted molar refractivity (Wildman–Crippen MR) is 88.8 cm³/mol. The third-order valence-electron chi connectivity index (χ3n) is 4.18. The number of β-amino-alcohol motifs (C(OH)–C–C–N with tert-alkyl or cyclic N) is 1. The van der Waals surface area contributed by atoms with Crippen LogP contribution in [0.15, 0.2) is 24.3 Å². The summed E-state index contributed by atoms with van der Waals surface area (Å²) in [5.41, 5.74) is 0.783. The summed E-state index contributed by atoms with van der Waals surface area (Å²) in [6, 6.07) is 8.48. The van der Waals surface area contributed by atoms with Crippen LogP contribution < -0.4 is 5.32 Å². The molecule has 1 aromatic carbocycles. The Kier molecular flexibility index (Phi) is 6.06. The molecule has 4 heteroatoms. The highest BCUT2D eigenvalue weighted by atomic mass is 35.5. The third-order valence-corrected chi connectivity index (χ3v) is 4.43. The standard InChI is InChI=1S/C17H27ClN2O/c1-3-10-19-16(14-4-6-15(18)7-5-14)8-11-20-12-9-17(2,21)13-20/h4-7,16,19,21H,3,8-13H2,1-2H3. The van der Waals surface area contributed by atoms with Crippen LogP contribution in [0.5, 0.6) is 0 Å². The second-order valence-corrected chi connectivity index (χ2v) is 6.81. The second kappa shape index (κ2) is 7.59. The lowest BCUT2D eigenvalue weighted by molar-refractivity contribution is 0.0683. The highest BCUT2D eigenvalue weighted by Crippen LogP contribution is 2.24. The van der Waals surface area contributed by atoms with Gasteiger partial charge in [0.05, 0.1) is 5.60 Å². The van der Waals surface area contributed by atoms with Crippen LogP contribution in [-0.2, 0) is 0 Å². The minimum atomic E-state index is -0.507. The fraction of sp³-hybridized carbons (Fsp3) is 0.647. The van der Waals surface area contributed by atoms with Crippen molar-refractivity contribution in [2.45, 2.75) is 44.8 Å². The zero-order chi connectivity index (χ0) is 15.3. The molecule has 1 fully saturated rings. The lowest BCUT2D eigenvalue weighted by Gasteiger charge is -2.23. The largest absolute Gasteiger partial charge is 0.389 e. The van der Waals surface area contributed by atoms with Gasteiger partial charge in [-0.1, -0.05) is 30.7 Å². The van der Waals surface area contributed by atoms with Crippen LogP contribution in [0.4, 0.5) is 0 Å². The van der Waals surface area contributed by atoms with E-state index < -0.39 is 5.60 Å². The molecule has 0 aliphatic carbocycles. The van der Waals surface area contributed by atoms with Gasteiger partial charge >= 0.3 is 0 Å². The van der Waals surface area contributed by atoms with Gasteiger partial charge < -0.3 is 15.3 Å². The first-order valence-electron chi connectivity index (χ1n) is 7.94. The summed E-state index contributed by atoms with van der Waals surface area (Å²) < 4.78 is 0. The summed E-state index contributed by atoms with van der Waals surface area (Å²) in [4.78, 5) is 2.36. The Morgan fingerprint density at radius 1 is 1.38 bits per heavy atom. The molecule has 2 atom stereocenters. The Balaban J connectivity index is 1.92. The SMILES string of the molecule is CCCNC(CCN1CCC(C)(O)C1)c1ccc(Cl)cc1. The van der Waals surface area contributed by atoms with Gasteiger partial charge in [-0.05, 0) is 50.4 Å². The van der Waals surface area contributed by atoms with E-state index in [2.05, 4.69) is 29.3 Å². The Morgan fingerprint density at radius 2 is 2.10 bits per heavy atom. The van der Waals surface area contributed by atoms with E-state index in [-0.39, 0.29) is 0 Å². The molecule has 0 radical (unpaired) electrons. The van der Waals surface area contributed by atoms with Gasteiger partial charge in [0.25, 0.3) is 0 Å². The van der Waals surface area contributed by atoms with Crippen LogP contribution in [0, 0.1) is 0 Å². The Morgan fingerprint density at radius 3 is 2.67 bits per heavy atom. The predicted octanol–water partition coefficient (Wildman–Crippen LogP) is 3.23. The van der Waals surface area contributed by atoms with E-state index in [1.807, 2.05) is 19.1 Å². The van der Waals surface area contributed by atoms with E-state index in [9.17, 15) is 5.11 Å². The number of hydrogen-bond acceptors (Lipinski definition) is 3. The van der Waals surface area contributed by atoms with Crippen molar-refractivity contribution in [1.82, 2.24) is 10.2 Å². The van der Waals surface area contributed by atoms with Gasteiger partial charge in [-0.2, -0.15) is 0 Å². The number of benzene rings is 1. The van der Waals surface area contributed by atoms with Gasteiger partial charge in [0.1, 0.15) is 0 Å². The molecule has 1 aliphatic rings. The van der Waals surface area contributed by atoms with Gasteiger partial charge in [-0.15, -0.1) is 0 Å². The molecular formula is C17H27ClN2O. The monoisotopic (exact) mass is 310 g/mol. The zero-order valence-corrected chi connectivity index (χ0v) is 13.9. The molecule has 21 heavy (non-hydrogen) atoms. The van der Waals surface area contributed by atoms with Gasteiger partial charge in [-0.3, -0.25) is 0 Å². The van der Waals surface area contributed by atoms with Crippen LogP contribution in [0.3, 0.4) is 0 Å². The van der Waals surface area contributed by atoms with E-state index in [1.54, 1.807) is 0 Å². The van der Waals surface area contributed by atoms with Crippen molar-refractivity contribution in [3.8, 4) is 0 Å². The maximum absolute atomic E-state index is 10.0. The number of nitrogens with one attached hydrogen (secondary N) is 1. The number of nitrogens with zero attached hydrogens (tertiary/aromatic N) is 1. The van der Waals surface area contributed by atoms with Crippen molar-refractivity contribution in [1.29, 1.82) is 0 Å². The normalized spacial score (nSPS) is 24.4. The molecule has 1 heterocycles. The van der Waals surface area contributed by atoms with E-state index >= 15 is 0 Å². The first-order chi connectivity index (χ1) is 10.00. The number of hydrogen-bond donors (Lipinski definition) is 2. The molecule has 3 nitrogen and oxygen atoms in total. The van der Waals surface area contributed by atoms with Crippen molar-refractivity contribution in [3.05, 3.63) is 34.9 Å². The molecule has 0 aromatic heterocycles. The highest BCUT2D eigenvalue weighted by molar-refractivity contribution is 6.30. The van der Waals surface area contributed by atoms with Crippen molar-refractivity contribution in [3.63, 3.8) is 0 Å². The molecule has 1 aliphatic heterocycles. The molecule has 0 amide bonds. The van der Waals surface area contributed by atoms with Gasteiger partial charge in [-0.25, -0.2) is 0 Å². The Labute approximate surface area is 133 Å². The van der Waals surface area contributed by atoms with Crippen LogP contribution in [0.25, 0.3) is 0 Å². The molecule has 0 saturated carbocycles. The van der Waals surface area contributed by atoms with Gasteiger partial charge in [0, 0.05) is 30.7 Å². The number of likely N-dealkylation sites (tertiary alicyclic amines) is 1. The van der Waals surface area contributed by atoms with E-state index in [4.69, 9.17) is 11.6 Å². The van der Waals surface area contributed by atoms with E-state index in [0.29, 0.717) is 6.04 Å². The summed E-state index contributed by atoms with van der Waals surface area (Å²) in [6.45, 7) is 7.93. The minimum Gasteiger partial charge on any atom is -0.389 e. The third kappa shape index (κ3) is 5.26. The quantitative estimate of drug-likeness (QED) is 0.811. The summed E-state index contributed by atoms with van der Waals surface area (Å²) in [6.07, 6.45) is 3.06. The van der Waals surface area contributed by atoms with Gasteiger partial charge in [0.2, 0.25) is 0 Å². The van der Waals surface area contributed by atoms with Crippen molar-refractivity contribution in [2.75, 3.05) is 26.2 Å². The summed E-state index contributed by atoms with van der Waals surface area (Å²) in [7, 11) is 0. The minimum absolute atomic E-state index is 0.354. The molecule has 0 bridgehead atoms. The molecule has 2 N–H and O–H groups in total. The summed E-state index contributed by atoms with van der Waals surface area (Å²) >= 11 is 5.98. The average molecular weight is 311 g/mol. The maximum atomic E-state index is 10.0. The molecular weight excluding hydrogens is 284 g/mol. The lowest BCUT2D eigenvalue weighted by Crippen LogP contribution is -2.32. The van der Waals surface area contributed by atoms with Gasteiger partial charge in [0.15, 0.2) is 0 Å². The van der Waals surface area contributed by atoms with Crippen molar-refractivity contribution in [2.24, 2.45) is 0 Å². The molecule has 118 valence electrons. The highest BCUT2D eigenvalue weighted by Gasteiger charge is 2.31. The maximum Gasteiger partial charge on any atom is 0.0758 e. The number of rotatable bonds is 7. The smallest absolute Gasteiger partial charge is 0.0758 e. The first kappa shape index (κ1) is 16.8. The van der Waals surface area contributed by atoms with Crippen molar-refractivity contribution >= 4 is 11.6 Å². The molecule has 1 aromatic rings. The topological polar surface area (TPSA) is 35.5 Å². The lowest BCUT2D eigenvalue weighted by atomic mass is 10.0. The second-order valence-electron chi connectivity index (χ2n) is 6.37. The molecule has 1 saturated heterocycles. The molecule has 0 spiro atoms. The average Bonchev–Trinajstić information content (AvgIpc) is 2.80. The van der Waals surface area contributed by atoms with E-state index in [0.717, 1.165) is 50.5 Å². The molecule has 2 unspecified atom stereocenters. The van der Waals surface area contributed by atoms with Crippen LogP contribution in [0.1, 0.15) is 44.7 Å². The Hall–Kier alpha value is -0.610. The van der Waals surface area contributed by atoms with Crippen molar-refractivity contribution < 1.29 is 5.11 Å². The number of aliphatic hydroxyl groups is 1. The number of halogens is 1. The van der Waals surface area contributed by atoms with E-state index in [1.165, 1.54) is 5.56 Å². The fourth-order valence-corrected chi connectivity index (χ4v) is 3.07. The zero-order valence-electron chi connectivity index (χ0n) is 13.1. The van der Waals surface area contributed by atoms with Crippen LogP contribution in [-0.4, -0.2) is 41.8 Å². The summed E-state index contributed by atoms with van der Waals surface area (Å²) in [5.74, 6) is 0. The molecule has 2 rings (SSSR count).